The van der Waals surface area contributed by atoms with Gasteiger partial charge in [0.1, 0.15) is 0 Å². The maximum atomic E-state index is 12.5. The average molecular weight is 405 g/mol. The monoisotopic (exact) mass is 404 g/mol. The van der Waals surface area contributed by atoms with Crippen molar-refractivity contribution in [2.75, 3.05) is 25.0 Å². The minimum atomic E-state index is 0.0293. The van der Waals surface area contributed by atoms with Gasteiger partial charge in [0.15, 0.2) is 0 Å². The molecule has 3 aromatic rings. The van der Waals surface area contributed by atoms with E-state index < -0.39 is 0 Å². The van der Waals surface area contributed by atoms with Gasteiger partial charge in [0.2, 0.25) is 17.6 Å². The fourth-order valence-electron chi connectivity index (χ4n) is 3.90. The molecule has 1 aliphatic heterocycles. The van der Waals surface area contributed by atoms with E-state index in [4.69, 9.17) is 4.52 Å². The summed E-state index contributed by atoms with van der Waals surface area (Å²) in [4.78, 5) is 19.3. The van der Waals surface area contributed by atoms with Crippen molar-refractivity contribution in [1.82, 2.24) is 15.0 Å². The van der Waals surface area contributed by atoms with Crippen molar-refractivity contribution in [3.8, 4) is 11.4 Å². The first-order valence-electron chi connectivity index (χ1n) is 10.5. The number of nitrogens with zero attached hydrogens (tertiary/aromatic N) is 3. The number of hydrogen-bond donors (Lipinski definition) is 1. The molecule has 4 rings (SSSR count). The average Bonchev–Trinajstić information content (AvgIpc) is 3.22. The Morgan fingerprint density at radius 1 is 1.10 bits per heavy atom. The van der Waals surface area contributed by atoms with E-state index in [1.54, 1.807) is 0 Å². The second-order valence-corrected chi connectivity index (χ2v) is 8.24. The summed E-state index contributed by atoms with van der Waals surface area (Å²) in [6, 6.07) is 14.2. The van der Waals surface area contributed by atoms with E-state index in [0.717, 1.165) is 48.3 Å². The normalized spacial score (nSPS) is 15.3. The van der Waals surface area contributed by atoms with Gasteiger partial charge in [-0.3, -0.25) is 9.69 Å². The van der Waals surface area contributed by atoms with Crippen molar-refractivity contribution < 1.29 is 9.32 Å². The van der Waals surface area contributed by atoms with Crippen LogP contribution in [0.1, 0.15) is 41.3 Å². The lowest BCUT2D eigenvalue weighted by molar-refractivity contribution is -0.117. The third-order valence-corrected chi connectivity index (χ3v) is 5.69. The zero-order chi connectivity index (χ0) is 21.1. The van der Waals surface area contributed by atoms with Gasteiger partial charge in [0.05, 0.1) is 6.54 Å². The van der Waals surface area contributed by atoms with E-state index in [-0.39, 0.29) is 11.8 Å². The summed E-state index contributed by atoms with van der Waals surface area (Å²) < 4.78 is 5.56. The van der Waals surface area contributed by atoms with Crippen LogP contribution in [-0.2, 0) is 4.79 Å². The van der Waals surface area contributed by atoms with Crippen LogP contribution in [0.2, 0.25) is 0 Å². The molecule has 0 spiro atoms. The van der Waals surface area contributed by atoms with Gasteiger partial charge in [-0.2, -0.15) is 4.98 Å². The van der Waals surface area contributed by atoms with Crippen molar-refractivity contribution >= 4 is 11.6 Å². The number of rotatable bonds is 5. The second-order valence-electron chi connectivity index (χ2n) is 8.24. The number of benzene rings is 2. The molecule has 1 aliphatic rings. The van der Waals surface area contributed by atoms with Gasteiger partial charge in [0.25, 0.3) is 0 Å². The predicted molar refractivity (Wildman–Crippen MR) is 117 cm³/mol. The van der Waals surface area contributed by atoms with E-state index in [0.29, 0.717) is 18.3 Å². The van der Waals surface area contributed by atoms with Crippen LogP contribution in [0.4, 0.5) is 5.69 Å². The zero-order valence-electron chi connectivity index (χ0n) is 17.8. The molecule has 30 heavy (non-hydrogen) atoms. The van der Waals surface area contributed by atoms with Crippen molar-refractivity contribution in [3.63, 3.8) is 0 Å². The minimum absolute atomic E-state index is 0.0293. The quantitative estimate of drug-likeness (QED) is 0.679. The van der Waals surface area contributed by atoms with Gasteiger partial charge in [-0.25, -0.2) is 0 Å². The molecule has 0 bridgehead atoms. The van der Waals surface area contributed by atoms with Crippen molar-refractivity contribution in [2.24, 2.45) is 0 Å². The maximum absolute atomic E-state index is 12.5. The number of likely N-dealkylation sites (tertiary alicyclic amines) is 1. The zero-order valence-corrected chi connectivity index (χ0v) is 17.8. The van der Waals surface area contributed by atoms with Gasteiger partial charge in [-0.15, -0.1) is 0 Å². The first kappa shape index (κ1) is 20.3. The number of aryl methyl sites for hydroxylation is 3. The van der Waals surface area contributed by atoms with E-state index >= 15 is 0 Å². The molecule has 6 heteroatoms. The minimum Gasteiger partial charge on any atom is -0.339 e. The Bertz CT molecular complexity index is 1040. The van der Waals surface area contributed by atoms with E-state index in [2.05, 4.69) is 45.5 Å². The standard InChI is InChI=1S/C24H28N4O2/c1-16-5-4-6-20(13-16)23-26-24(30-27-23)19-9-11-28(12-10-19)15-22(29)25-21-14-17(2)7-8-18(21)3/h4-8,13-14,19H,9-12,15H2,1-3H3,(H,25,29). The van der Waals surface area contributed by atoms with Gasteiger partial charge in [-0.1, -0.05) is 41.1 Å². The highest BCUT2D eigenvalue weighted by atomic mass is 16.5. The van der Waals surface area contributed by atoms with Crippen LogP contribution in [0.3, 0.4) is 0 Å². The van der Waals surface area contributed by atoms with Crippen LogP contribution >= 0.6 is 0 Å². The number of anilines is 1. The second kappa shape index (κ2) is 8.79. The molecule has 0 aliphatic carbocycles. The van der Waals surface area contributed by atoms with Gasteiger partial charge >= 0.3 is 0 Å². The third kappa shape index (κ3) is 4.76. The number of hydrogen-bond acceptors (Lipinski definition) is 5. The molecule has 2 heterocycles. The highest BCUT2D eigenvalue weighted by Gasteiger charge is 2.26. The Morgan fingerprint density at radius 2 is 1.87 bits per heavy atom. The molecule has 0 atom stereocenters. The van der Waals surface area contributed by atoms with Crippen LogP contribution in [0.5, 0.6) is 0 Å². The van der Waals surface area contributed by atoms with Crippen LogP contribution in [0, 0.1) is 20.8 Å². The first-order valence-corrected chi connectivity index (χ1v) is 10.5. The largest absolute Gasteiger partial charge is 0.339 e. The SMILES string of the molecule is Cc1cccc(-c2noc(C3CCN(CC(=O)Nc4cc(C)ccc4C)CC3)n2)c1. The number of aromatic nitrogens is 2. The Balaban J connectivity index is 1.31. The molecule has 1 saturated heterocycles. The molecule has 1 fully saturated rings. The van der Waals surface area contributed by atoms with Gasteiger partial charge in [-0.05, 0) is 70.0 Å². The number of nitrogens with one attached hydrogen (secondary N) is 1. The predicted octanol–water partition coefficient (Wildman–Crippen LogP) is 4.48. The van der Waals surface area contributed by atoms with Crippen molar-refractivity contribution in [3.05, 3.63) is 65.0 Å². The number of carbonyl (C=O) groups is 1. The summed E-state index contributed by atoms with van der Waals surface area (Å²) >= 11 is 0. The third-order valence-electron chi connectivity index (χ3n) is 5.69. The topological polar surface area (TPSA) is 71.3 Å². The first-order chi connectivity index (χ1) is 14.5. The highest BCUT2D eigenvalue weighted by Crippen LogP contribution is 2.28. The molecule has 1 N–H and O–H groups in total. The summed E-state index contributed by atoms with van der Waals surface area (Å²) in [5.74, 6) is 1.62. The summed E-state index contributed by atoms with van der Waals surface area (Å²) in [6.07, 6.45) is 1.82. The number of carbonyl (C=O) groups excluding carboxylic acids is 1. The highest BCUT2D eigenvalue weighted by molar-refractivity contribution is 5.93. The summed E-state index contributed by atoms with van der Waals surface area (Å²) in [5, 5.41) is 7.21. The molecule has 2 aromatic carbocycles. The summed E-state index contributed by atoms with van der Waals surface area (Å²) in [5.41, 5.74) is 5.26. The molecular formula is C24H28N4O2. The smallest absolute Gasteiger partial charge is 0.238 e. The van der Waals surface area contributed by atoms with E-state index in [1.165, 1.54) is 5.56 Å². The fourth-order valence-corrected chi connectivity index (χ4v) is 3.90. The van der Waals surface area contributed by atoms with E-state index in [1.807, 2.05) is 38.1 Å². The van der Waals surface area contributed by atoms with E-state index in [9.17, 15) is 4.79 Å². The lowest BCUT2D eigenvalue weighted by Gasteiger charge is -2.29. The molecule has 0 radical (unpaired) electrons. The number of piperidine rings is 1. The maximum Gasteiger partial charge on any atom is 0.238 e. The van der Waals surface area contributed by atoms with Crippen LogP contribution in [0.25, 0.3) is 11.4 Å². The van der Waals surface area contributed by atoms with Crippen molar-refractivity contribution in [2.45, 2.75) is 39.5 Å². The van der Waals surface area contributed by atoms with Gasteiger partial charge in [0, 0.05) is 17.2 Å². The molecular weight excluding hydrogens is 376 g/mol. The molecule has 0 unspecified atom stereocenters. The molecule has 0 saturated carbocycles. The number of amides is 1. The Morgan fingerprint density at radius 3 is 2.63 bits per heavy atom. The molecule has 1 amide bonds. The summed E-state index contributed by atoms with van der Waals surface area (Å²) in [6.45, 7) is 8.17. The molecule has 6 nitrogen and oxygen atoms in total. The lowest BCUT2D eigenvalue weighted by Crippen LogP contribution is -2.38. The van der Waals surface area contributed by atoms with Gasteiger partial charge < -0.3 is 9.84 Å². The Hall–Kier alpha value is -2.99. The Labute approximate surface area is 177 Å². The van der Waals surface area contributed by atoms with Crippen LogP contribution < -0.4 is 5.32 Å². The lowest BCUT2D eigenvalue weighted by atomic mass is 9.97. The molecule has 1 aromatic heterocycles. The van der Waals surface area contributed by atoms with Crippen LogP contribution in [-0.4, -0.2) is 40.6 Å². The van der Waals surface area contributed by atoms with Crippen LogP contribution in [0.15, 0.2) is 47.0 Å². The Kier molecular flexibility index (Phi) is 5.95. The van der Waals surface area contributed by atoms with Crippen molar-refractivity contribution in [1.29, 1.82) is 0 Å². The summed E-state index contributed by atoms with van der Waals surface area (Å²) in [7, 11) is 0. The fraction of sp³-hybridized carbons (Fsp3) is 0.375. The molecule has 156 valence electrons.